The lowest BCUT2D eigenvalue weighted by atomic mass is 10.1. The van der Waals surface area contributed by atoms with Crippen LogP contribution in [0.2, 0.25) is 0 Å². The number of nitrogens with two attached hydrogens (primary N) is 1. The third kappa shape index (κ3) is 2.30. The molecular weight excluding hydrogens is 222 g/mol. The fraction of sp³-hybridized carbons (Fsp3) is 0.267. The molecule has 3 nitrogen and oxygen atoms in total. The number of para-hydroxylation sites is 1. The number of benzene rings is 1. The van der Waals surface area contributed by atoms with Crippen LogP contribution in [0, 0.1) is 13.8 Å². The molecule has 0 aliphatic rings. The van der Waals surface area contributed by atoms with Gasteiger partial charge >= 0.3 is 0 Å². The average molecular weight is 241 g/mol. The number of anilines is 3. The summed E-state index contributed by atoms with van der Waals surface area (Å²) < 4.78 is 0. The van der Waals surface area contributed by atoms with E-state index in [4.69, 9.17) is 5.73 Å². The molecule has 0 amide bonds. The van der Waals surface area contributed by atoms with Gasteiger partial charge in [0.05, 0.1) is 11.4 Å². The zero-order valence-corrected chi connectivity index (χ0v) is 11.1. The van der Waals surface area contributed by atoms with Crippen LogP contribution >= 0.6 is 0 Å². The van der Waals surface area contributed by atoms with Gasteiger partial charge in [-0.2, -0.15) is 0 Å². The molecule has 0 atom stereocenters. The summed E-state index contributed by atoms with van der Waals surface area (Å²) in [6, 6.07) is 12.2. The topological polar surface area (TPSA) is 42.1 Å². The van der Waals surface area contributed by atoms with Gasteiger partial charge in [0, 0.05) is 12.2 Å². The Morgan fingerprint density at radius 1 is 1.11 bits per heavy atom. The first-order chi connectivity index (χ1) is 8.63. The van der Waals surface area contributed by atoms with E-state index in [0.29, 0.717) is 0 Å². The molecule has 0 saturated carbocycles. The Hall–Kier alpha value is -2.03. The molecule has 2 aromatic rings. The maximum absolute atomic E-state index is 5.82. The van der Waals surface area contributed by atoms with Crippen LogP contribution in [0.1, 0.15) is 18.2 Å². The predicted molar refractivity (Wildman–Crippen MR) is 77.2 cm³/mol. The molecule has 0 unspecified atom stereocenters. The van der Waals surface area contributed by atoms with E-state index in [1.807, 2.05) is 25.1 Å². The Labute approximate surface area is 108 Å². The highest BCUT2D eigenvalue weighted by atomic mass is 15.2. The first-order valence-electron chi connectivity index (χ1n) is 6.19. The van der Waals surface area contributed by atoms with E-state index in [2.05, 4.69) is 41.9 Å². The van der Waals surface area contributed by atoms with Crippen molar-refractivity contribution in [3.63, 3.8) is 0 Å². The van der Waals surface area contributed by atoms with Crippen LogP contribution in [0.4, 0.5) is 17.2 Å². The van der Waals surface area contributed by atoms with E-state index in [0.717, 1.165) is 23.7 Å². The van der Waals surface area contributed by atoms with Gasteiger partial charge in [0.1, 0.15) is 5.82 Å². The largest absolute Gasteiger partial charge is 0.397 e. The number of nitrogens with zero attached hydrogens (tertiary/aromatic N) is 2. The number of hydrogen-bond acceptors (Lipinski definition) is 3. The van der Waals surface area contributed by atoms with Gasteiger partial charge in [0.25, 0.3) is 0 Å². The lowest BCUT2D eigenvalue weighted by Crippen LogP contribution is -2.18. The van der Waals surface area contributed by atoms with E-state index in [9.17, 15) is 0 Å². The molecule has 0 aliphatic carbocycles. The minimum atomic E-state index is 0.736. The van der Waals surface area contributed by atoms with Crippen LogP contribution < -0.4 is 10.6 Å². The highest BCUT2D eigenvalue weighted by Crippen LogP contribution is 2.27. The summed E-state index contributed by atoms with van der Waals surface area (Å²) in [7, 11) is 0. The summed E-state index contributed by atoms with van der Waals surface area (Å²) in [5, 5.41) is 0. The maximum Gasteiger partial charge on any atom is 0.133 e. The van der Waals surface area contributed by atoms with Gasteiger partial charge in [-0.25, -0.2) is 4.98 Å². The molecule has 18 heavy (non-hydrogen) atoms. The van der Waals surface area contributed by atoms with Crippen molar-refractivity contribution in [2.24, 2.45) is 0 Å². The summed E-state index contributed by atoms with van der Waals surface area (Å²) >= 11 is 0. The quantitative estimate of drug-likeness (QED) is 0.895. The van der Waals surface area contributed by atoms with Gasteiger partial charge in [0.2, 0.25) is 0 Å². The zero-order chi connectivity index (χ0) is 13.1. The molecule has 3 heteroatoms. The highest BCUT2D eigenvalue weighted by molar-refractivity contribution is 5.65. The summed E-state index contributed by atoms with van der Waals surface area (Å²) in [5.41, 5.74) is 9.87. The Kier molecular flexibility index (Phi) is 3.51. The van der Waals surface area contributed by atoms with Crippen molar-refractivity contribution in [3.8, 4) is 0 Å². The SMILES string of the molecule is CCN(c1ccc(N)c(C)n1)c1ccccc1C. The summed E-state index contributed by atoms with van der Waals surface area (Å²) in [6.45, 7) is 7.05. The lowest BCUT2D eigenvalue weighted by molar-refractivity contribution is 0.974. The van der Waals surface area contributed by atoms with Crippen LogP contribution in [0.3, 0.4) is 0 Å². The number of aromatic nitrogens is 1. The third-order valence-electron chi connectivity index (χ3n) is 3.11. The van der Waals surface area contributed by atoms with E-state index in [1.54, 1.807) is 0 Å². The van der Waals surface area contributed by atoms with Crippen LogP contribution in [-0.4, -0.2) is 11.5 Å². The minimum absolute atomic E-state index is 0.736. The van der Waals surface area contributed by atoms with Gasteiger partial charge in [-0.1, -0.05) is 18.2 Å². The maximum atomic E-state index is 5.82. The normalized spacial score (nSPS) is 10.4. The molecule has 0 saturated heterocycles. The van der Waals surface area contributed by atoms with Gasteiger partial charge in [-0.05, 0) is 44.5 Å². The molecule has 0 spiro atoms. The van der Waals surface area contributed by atoms with Crippen LogP contribution in [0.15, 0.2) is 36.4 Å². The number of hydrogen-bond donors (Lipinski definition) is 1. The van der Waals surface area contributed by atoms with Crippen molar-refractivity contribution < 1.29 is 0 Å². The highest BCUT2D eigenvalue weighted by Gasteiger charge is 2.11. The number of aryl methyl sites for hydroxylation is 2. The van der Waals surface area contributed by atoms with Gasteiger partial charge < -0.3 is 10.6 Å². The van der Waals surface area contributed by atoms with Crippen molar-refractivity contribution in [1.29, 1.82) is 0 Å². The average Bonchev–Trinajstić information content (AvgIpc) is 2.37. The molecule has 0 fully saturated rings. The van der Waals surface area contributed by atoms with Gasteiger partial charge in [-0.15, -0.1) is 0 Å². The second-order valence-electron chi connectivity index (χ2n) is 4.37. The molecule has 0 aliphatic heterocycles. The van der Waals surface area contributed by atoms with E-state index in [1.165, 1.54) is 11.3 Å². The Balaban J connectivity index is 2.45. The Morgan fingerprint density at radius 2 is 1.83 bits per heavy atom. The predicted octanol–water partition coefficient (Wildman–Crippen LogP) is 3.44. The molecule has 0 bridgehead atoms. The molecular formula is C15H19N3. The molecule has 2 N–H and O–H groups in total. The van der Waals surface area contributed by atoms with Crippen LogP contribution in [0.5, 0.6) is 0 Å². The third-order valence-corrected chi connectivity index (χ3v) is 3.11. The molecule has 2 rings (SSSR count). The molecule has 1 aromatic carbocycles. The van der Waals surface area contributed by atoms with Gasteiger partial charge in [-0.3, -0.25) is 0 Å². The van der Waals surface area contributed by atoms with E-state index < -0.39 is 0 Å². The Bertz CT molecular complexity index is 549. The van der Waals surface area contributed by atoms with E-state index in [-0.39, 0.29) is 0 Å². The van der Waals surface area contributed by atoms with Crippen molar-refractivity contribution in [2.75, 3.05) is 17.2 Å². The Morgan fingerprint density at radius 3 is 2.44 bits per heavy atom. The first kappa shape index (κ1) is 12.4. The van der Waals surface area contributed by atoms with Crippen LogP contribution in [0.25, 0.3) is 0 Å². The summed E-state index contributed by atoms with van der Waals surface area (Å²) in [6.07, 6.45) is 0. The van der Waals surface area contributed by atoms with Crippen molar-refractivity contribution in [2.45, 2.75) is 20.8 Å². The zero-order valence-electron chi connectivity index (χ0n) is 11.1. The molecule has 1 aromatic heterocycles. The second-order valence-corrected chi connectivity index (χ2v) is 4.37. The second kappa shape index (κ2) is 5.08. The fourth-order valence-corrected chi connectivity index (χ4v) is 2.03. The first-order valence-corrected chi connectivity index (χ1v) is 6.19. The van der Waals surface area contributed by atoms with Gasteiger partial charge in [0.15, 0.2) is 0 Å². The standard InChI is InChI=1S/C15H19N3/c1-4-18(14-8-6-5-7-11(14)2)15-10-9-13(16)12(3)17-15/h5-10H,4,16H2,1-3H3. The molecule has 0 radical (unpaired) electrons. The molecule has 1 heterocycles. The van der Waals surface area contributed by atoms with Crippen molar-refractivity contribution in [1.82, 2.24) is 4.98 Å². The number of rotatable bonds is 3. The smallest absolute Gasteiger partial charge is 0.133 e. The minimum Gasteiger partial charge on any atom is -0.397 e. The monoisotopic (exact) mass is 241 g/mol. The van der Waals surface area contributed by atoms with Crippen molar-refractivity contribution in [3.05, 3.63) is 47.7 Å². The van der Waals surface area contributed by atoms with Crippen LogP contribution in [-0.2, 0) is 0 Å². The number of pyridine rings is 1. The van der Waals surface area contributed by atoms with Crippen molar-refractivity contribution >= 4 is 17.2 Å². The van der Waals surface area contributed by atoms with E-state index >= 15 is 0 Å². The fourth-order valence-electron chi connectivity index (χ4n) is 2.03. The molecule has 94 valence electrons. The summed E-state index contributed by atoms with van der Waals surface area (Å²) in [5.74, 6) is 0.943. The lowest BCUT2D eigenvalue weighted by Gasteiger charge is -2.24. The summed E-state index contributed by atoms with van der Waals surface area (Å²) in [4.78, 5) is 6.76. The number of nitrogen functional groups attached to an aromatic ring is 1.